The Morgan fingerprint density at radius 2 is 2.18 bits per heavy atom. The highest BCUT2D eigenvalue weighted by Gasteiger charge is 2.25. The van der Waals surface area contributed by atoms with Gasteiger partial charge >= 0.3 is 0 Å². The Kier molecular flexibility index (Phi) is 4.26. The lowest BCUT2D eigenvalue weighted by molar-refractivity contribution is 0.177. The zero-order chi connectivity index (χ0) is 12.4. The molecule has 17 heavy (non-hydrogen) atoms. The predicted octanol–water partition coefficient (Wildman–Crippen LogP) is 2.93. The molecule has 0 spiro atoms. The van der Waals surface area contributed by atoms with Crippen LogP contribution in [0.4, 0.5) is 0 Å². The first-order chi connectivity index (χ1) is 8.15. The third-order valence-corrected chi connectivity index (χ3v) is 4.61. The molecule has 0 radical (unpaired) electrons. The number of hydrogen-bond donors (Lipinski definition) is 1. The Bertz CT molecular complexity index is 389. The summed E-state index contributed by atoms with van der Waals surface area (Å²) in [6.45, 7) is 5.19. The van der Waals surface area contributed by atoms with Crippen molar-refractivity contribution in [3.63, 3.8) is 0 Å². The summed E-state index contributed by atoms with van der Waals surface area (Å²) in [7, 11) is 0. The van der Waals surface area contributed by atoms with Gasteiger partial charge in [0.15, 0.2) is 0 Å². The van der Waals surface area contributed by atoms with Crippen molar-refractivity contribution in [3.05, 3.63) is 15.9 Å². The average molecular weight is 301 g/mol. The first-order valence-electron chi connectivity index (χ1n) is 6.57. The second-order valence-corrected chi connectivity index (χ2v) is 5.71. The maximum Gasteiger partial charge on any atom is 0.0766 e. The van der Waals surface area contributed by atoms with Gasteiger partial charge in [-0.15, -0.1) is 0 Å². The molecule has 1 aliphatic carbocycles. The monoisotopic (exact) mass is 300 g/mol. The van der Waals surface area contributed by atoms with E-state index in [-0.39, 0.29) is 6.10 Å². The van der Waals surface area contributed by atoms with Gasteiger partial charge in [-0.1, -0.05) is 6.92 Å². The molecule has 3 nitrogen and oxygen atoms in total. The molecule has 0 bridgehead atoms. The molecule has 1 fully saturated rings. The fourth-order valence-electron chi connectivity index (χ4n) is 2.72. The van der Waals surface area contributed by atoms with Crippen LogP contribution in [0.3, 0.4) is 0 Å². The van der Waals surface area contributed by atoms with Crippen molar-refractivity contribution < 1.29 is 5.11 Å². The van der Waals surface area contributed by atoms with Crippen LogP contribution in [-0.4, -0.2) is 21.0 Å². The third kappa shape index (κ3) is 2.74. The van der Waals surface area contributed by atoms with Crippen LogP contribution in [0.15, 0.2) is 4.47 Å². The lowest BCUT2D eigenvalue weighted by Crippen LogP contribution is -2.09. The van der Waals surface area contributed by atoms with E-state index >= 15 is 0 Å². The van der Waals surface area contributed by atoms with Crippen LogP contribution in [0, 0.1) is 5.92 Å². The molecule has 1 aromatic heterocycles. The zero-order valence-electron chi connectivity index (χ0n) is 10.6. The number of hydrogen-bond acceptors (Lipinski definition) is 2. The highest BCUT2D eigenvalue weighted by molar-refractivity contribution is 9.10. The summed E-state index contributed by atoms with van der Waals surface area (Å²) >= 11 is 3.68. The fourth-order valence-corrected chi connectivity index (χ4v) is 3.45. The molecule has 2 rings (SSSR count). The zero-order valence-corrected chi connectivity index (χ0v) is 12.2. The third-order valence-electron chi connectivity index (χ3n) is 3.69. The van der Waals surface area contributed by atoms with Crippen molar-refractivity contribution in [2.75, 3.05) is 0 Å². The van der Waals surface area contributed by atoms with E-state index in [0.717, 1.165) is 44.3 Å². The van der Waals surface area contributed by atoms with E-state index in [9.17, 15) is 5.11 Å². The van der Waals surface area contributed by atoms with Gasteiger partial charge in [0, 0.05) is 6.54 Å². The summed E-state index contributed by atoms with van der Waals surface area (Å²) in [6, 6.07) is 0. The van der Waals surface area contributed by atoms with Crippen LogP contribution in [0.2, 0.25) is 0 Å². The summed E-state index contributed by atoms with van der Waals surface area (Å²) in [5.41, 5.74) is 2.46. The van der Waals surface area contributed by atoms with E-state index in [1.54, 1.807) is 0 Å². The average Bonchev–Trinajstić information content (AvgIpc) is 2.85. The van der Waals surface area contributed by atoms with E-state index in [0.29, 0.717) is 5.92 Å². The number of rotatable bonds is 4. The number of aryl methyl sites for hydroxylation is 2. The Labute approximate surface area is 111 Å². The first-order valence-corrected chi connectivity index (χ1v) is 7.37. The van der Waals surface area contributed by atoms with E-state index in [1.165, 1.54) is 10.2 Å². The highest BCUT2D eigenvalue weighted by Crippen LogP contribution is 2.32. The van der Waals surface area contributed by atoms with Crippen LogP contribution in [0.1, 0.15) is 44.5 Å². The van der Waals surface area contributed by atoms with Gasteiger partial charge in [-0.3, -0.25) is 4.68 Å². The SMILES string of the molecule is CCc1nn(CC)c(CC2CCC(O)C2)c1Br. The maximum atomic E-state index is 9.59. The van der Waals surface area contributed by atoms with Gasteiger partial charge in [-0.2, -0.15) is 5.10 Å². The van der Waals surface area contributed by atoms with Gasteiger partial charge < -0.3 is 5.11 Å². The first kappa shape index (κ1) is 13.1. The van der Waals surface area contributed by atoms with Crippen molar-refractivity contribution in [3.8, 4) is 0 Å². The molecule has 96 valence electrons. The van der Waals surface area contributed by atoms with Crippen molar-refractivity contribution >= 4 is 15.9 Å². The van der Waals surface area contributed by atoms with Gasteiger partial charge in [-0.05, 0) is 60.9 Å². The molecule has 4 heteroatoms. The number of aliphatic hydroxyl groups is 1. The topological polar surface area (TPSA) is 38.0 Å². The van der Waals surface area contributed by atoms with Crippen molar-refractivity contribution in [1.29, 1.82) is 0 Å². The van der Waals surface area contributed by atoms with Crippen LogP contribution in [0.5, 0.6) is 0 Å². The Morgan fingerprint density at radius 1 is 1.41 bits per heavy atom. The minimum atomic E-state index is -0.0811. The summed E-state index contributed by atoms with van der Waals surface area (Å²) in [5, 5.41) is 14.2. The molecule has 1 saturated carbocycles. The lowest BCUT2D eigenvalue weighted by Gasteiger charge is -2.11. The van der Waals surface area contributed by atoms with Gasteiger partial charge in [0.2, 0.25) is 0 Å². The molecular weight excluding hydrogens is 280 g/mol. The molecular formula is C13H21BrN2O. The molecule has 1 aliphatic rings. The maximum absolute atomic E-state index is 9.59. The molecule has 0 saturated heterocycles. The molecule has 0 aliphatic heterocycles. The van der Waals surface area contributed by atoms with Crippen LogP contribution < -0.4 is 0 Å². The minimum Gasteiger partial charge on any atom is -0.393 e. The number of halogens is 1. The van der Waals surface area contributed by atoms with Crippen LogP contribution in [0.25, 0.3) is 0 Å². The standard InChI is InChI=1S/C13H21BrN2O/c1-3-11-13(14)12(16(4-2)15-11)8-9-5-6-10(17)7-9/h9-10,17H,3-8H2,1-2H3. The molecule has 2 atom stereocenters. The van der Waals surface area contributed by atoms with Crippen molar-refractivity contribution in [1.82, 2.24) is 9.78 Å². The molecule has 1 aromatic rings. The summed E-state index contributed by atoms with van der Waals surface area (Å²) < 4.78 is 3.29. The molecule has 1 N–H and O–H groups in total. The summed E-state index contributed by atoms with van der Waals surface area (Å²) in [5.74, 6) is 0.619. The second kappa shape index (κ2) is 5.53. The van der Waals surface area contributed by atoms with Crippen molar-refractivity contribution in [2.45, 2.75) is 58.6 Å². The number of aromatic nitrogens is 2. The van der Waals surface area contributed by atoms with E-state index < -0.39 is 0 Å². The summed E-state index contributed by atoms with van der Waals surface area (Å²) in [6.07, 6.45) is 4.98. The van der Waals surface area contributed by atoms with Gasteiger partial charge in [-0.25, -0.2) is 0 Å². The molecule has 0 amide bonds. The largest absolute Gasteiger partial charge is 0.393 e. The van der Waals surface area contributed by atoms with Gasteiger partial charge in [0.1, 0.15) is 0 Å². The van der Waals surface area contributed by atoms with E-state index in [1.807, 2.05) is 0 Å². The van der Waals surface area contributed by atoms with Crippen LogP contribution >= 0.6 is 15.9 Å². The van der Waals surface area contributed by atoms with Crippen LogP contribution in [-0.2, 0) is 19.4 Å². The smallest absolute Gasteiger partial charge is 0.0766 e. The quantitative estimate of drug-likeness (QED) is 0.928. The van der Waals surface area contributed by atoms with Crippen molar-refractivity contribution in [2.24, 2.45) is 5.92 Å². The molecule has 2 unspecified atom stereocenters. The highest BCUT2D eigenvalue weighted by atomic mass is 79.9. The Morgan fingerprint density at radius 3 is 2.71 bits per heavy atom. The Hall–Kier alpha value is -0.350. The number of nitrogens with zero attached hydrogens (tertiary/aromatic N) is 2. The summed E-state index contributed by atoms with van der Waals surface area (Å²) in [4.78, 5) is 0. The Balaban J connectivity index is 2.16. The fraction of sp³-hybridized carbons (Fsp3) is 0.769. The van der Waals surface area contributed by atoms with Gasteiger partial charge in [0.25, 0.3) is 0 Å². The predicted molar refractivity (Wildman–Crippen MR) is 72.0 cm³/mol. The minimum absolute atomic E-state index is 0.0811. The lowest BCUT2D eigenvalue weighted by atomic mass is 10.0. The van der Waals surface area contributed by atoms with Gasteiger partial charge in [0.05, 0.1) is 22.0 Å². The normalized spacial score (nSPS) is 24.5. The van der Waals surface area contributed by atoms with E-state index in [2.05, 4.69) is 39.6 Å². The van der Waals surface area contributed by atoms with E-state index in [4.69, 9.17) is 0 Å². The molecule has 1 heterocycles. The molecule has 0 aromatic carbocycles. The number of aliphatic hydroxyl groups excluding tert-OH is 1. The second-order valence-electron chi connectivity index (χ2n) is 4.91.